The Morgan fingerprint density at radius 3 is 2.75 bits per heavy atom. The zero-order valence-corrected chi connectivity index (χ0v) is 19.3. The normalized spacial score (nSPS) is 17.5. The average Bonchev–Trinajstić information content (AvgIpc) is 3.46. The Morgan fingerprint density at radius 2 is 2.03 bits per heavy atom. The van der Waals surface area contributed by atoms with Crippen molar-refractivity contribution < 1.29 is 9.53 Å². The van der Waals surface area contributed by atoms with Gasteiger partial charge in [-0.2, -0.15) is 0 Å². The number of carbonyl (C=O) groups excluding carboxylic acids is 1. The molecule has 1 N–H and O–H groups in total. The standard InChI is InChI=1S/C26H29N3O2S/c1-19(22-6-4-3-5-7-22)29-15-14-23(16-29)28-26(30)13-10-21-8-11-25(12-9-21)31-17-24-18-32-20(2)27-24/h3-13,18-19,23H,14-17H2,1-2H3,(H,28,30)/b13-10+. The van der Waals surface area contributed by atoms with Gasteiger partial charge in [-0.25, -0.2) is 4.98 Å². The quantitative estimate of drug-likeness (QED) is 0.494. The maximum Gasteiger partial charge on any atom is 0.244 e. The van der Waals surface area contributed by atoms with Crippen LogP contribution in [0.4, 0.5) is 0 Å². The summed E-state index contributed by atoms with van der Waals surface area (Å²) in [6.07, 6.45) is 4.42. The molecule has 1 aliphatic rings. The van der Waals surface area contributed by atoms with Crippen molar-refractivity contribution in [1.82, 2.24) is 15.2 Å². The lowest BCUT2D eigenvalue weighted by molar-refractivity contribution is -0.117. The van der Waals surface area contributed by atoms with Crippen molar-refractivity contribution in [2.24, 2.45) is 0 Å². The highest BCUT2D eigenvalue weighted by Crippen LogP contribution is 2.24. The lowest BCUT2D eigenvalue weighted by Crippen LogP contribution is -2.36. The van der Waals surface area contributed by atoms with Crippen LogP contribution < -0.4 is 10.1 Å². The number of thiazole rings is 1. The van der Waals surface area contributed by atoms with E-state index in [1.807, 2.05) is 48.7 Å². The summed E-state index contributed by atoms with van der Waals surface area (Å²) in [6, 6.07) is 18.8. The van der Waals surface area contributed by atoms with Gasteiger partial charge in [-0.15, -0.1) is 11.3 Å². The summed E-state index contributed by atoms with van der Waals surface area (Å²) in [5.74, 6) is 0.735. The van der Waals surface area contributed by atoms with Gasteiger partial charge in [0.2, 0.25) is 5.91 Å². The molecule has 0 spiro atoms. The van der Waals surface area contributed by atoms with Crippen molar-refractivity contribution in [1.29, 1.82) is 0 Å². The molecule has 0 radical (unpaired) electrons. The van der Waals surface area contributed by atoms with Crippen molar-refractivity contribution in [3.8, 4) is 5.75 Å². The fraction of sp³-hybridized carbons (Fsp3) is 0.308. The number of aromatic nitrogens is 1. The molecular weight excluding hydrogens is 418 g/mol. The van der Waals surface area contributed by atoms with Crippen LogP contribution >= 0.6 is 11.3 Å². The number of ether oxygens (including phenoxy) is 1. The molecule has 1 amide bonds. The molecule has 1 aliphatic heterocycles. The second-order valence-electron chi connectivity index (χ2n) is 8.12. The number of carbonyl (C=O) groups is 1. The van der Waals surface area contributed by atoms with Gasteiger partial charge in [-0.1, -0.05) is 42.5 Å². The first-order valence-electron chi connectivity index (χ1n) is 11.0. The van der Waals surface area contributed by atoms with Gasteiger partial charge in [0.1, 0.15) is 12.4 Å². The van der Waals surface area contributed by atoms with Crippen LogP contribution in [-0.4, -0.2) is 34.9 Å². The number of hydrogen-bond acceptors (Lipinski definition) is 5. The number of amides is 1. The molecule has 1 fully saturated rings. The number of benzene rings is 2. The zero-order valence-electron chi connectivity index (χ0n) is 18.5. The molecule has 0 aliphatic carbocycles. The highest BCUT2D eigenvalue weighted by Gasteiger charge is 2.27. The third-order valence-corrected chi connectivity index (χ3v) is 6.58. The predicted molar refractivity (Wildman–Crippen MR) is 130 cm³/mol. The summed E-state index contributed by atoms with van der Waals surface area (Å²) in [4.78, 5) is 19.2. The zero-order chi connectivity index (χ0) is 22.3. The third kappa shape index (κ3) is 6.05. The second-order valence-corrected chi connectivity index (χ2v) is 9.19. The van der Waals surface area contributed by atoms with Crippen molar-refractivity contribution in [3.63, 3.8) is 0 Å². The van der Waals surface area contributed by atoms with Gasteiger partial charge in [0.15, 0.2) is 0 Å². The van der Waals surface area contributed by atoms with Crippen LogP contribution in [0.25, 0.3) is 6.08 Å². The Hall–Kier alpha value is -2.96. The number of nitrogens with zero attached hydrogens (tertiary/aromatic N) is 2. The van der Waals surface area contributed by atoms with E-state index in [1.165, 1.54) is 5.56 Å². The van der Waals surface area contributed by atoms with E-state index in [2.05, 4.69) is 46.4 Å². The summed E-state index contributed by atoms with van der Waals surface area (Å²) >= 11 is 1.62. The van der Waals surface area contributed by atoms with E-state index >= 15 is 0 Å². The first-order valence-corrected chi connectivity index (χ1v) is 11.9. The van der Waals surface area contributed by atoms with Gasteiger partial charge < -0.3 is 10.1 Å². The van der Waals surface area contributed by atoms with E-state index in [9.17, 15) is 4.79 Å². The largest absolute Gasteiger partial charge is 0.487 e. The molecular formula is C26H29N3O2S. The molecule has 1 aromatic heterocycles. The van der Waals surface area contributed by atoms with Gasteiger partial charge in [0.05, 0.1) is 10.7 Å². The van der Waals surface area contributed by atoms with Gasteiger partial charge >= 0.3 is 0 Å². The minimum atomic E-state index is -0.0524. The summed E-state index contributed by atoms with van der Waals surface area (Å²) in [6.45, 7) is 6.54. The topological polar surface area (TPSA) is 54.5 Å². The molecule has 3 aromatic rings. The number of nitrogens with one attached hydrogen (secondary N) is 1. The minimum absolute atomic E-state index is 0.0524. The molecule has 0 saturated carbocycles. The molecule has 2 atom stereocenters. The fourth-order valence-electron chi connectivity index (χ4n) is 3.93. The van der Waals surface area contributed by atoms with E-state index in [1.54, 1.807) is 17.4 Å². The number of aryl methyl sites for hydroxylation is 1. The predicted octanol–water partition coefficient (Wildman–Crippen LogP) is 5.00. The van der Waals surface area contributed by atoms with Crippen LogP contribution in [0.15, 0.2) is 66.1 Å². The monoisotopic (exact) mass is 447 g/mol. The lowest BCUT2D eigenvalue weighted by Gasteiger charge is -2.24. The molecule has 166 valence electrons. The SMILES string of the molecule is Cc1nc(COc2ccc(/C=C/C(=O)NC3CCN(C(C)c4ccccc4)C3)cc2)cs1. The Kier molecular flexibility index (Phi) is 7.35. The highest BCUT2D eigenvalue weighted by atomic mass is 32.1. The highest BCUT2D eigenvalue weighted by molar-refractivity contribution is 7.09. The van der Waals surface area contributed by atoms with E-state index in [-0.39, 0.29) is 11.9 Å². The molecule has 1 saturated heterocycles. The van der Waals surface area contributed by atoms with Crippen molar-refractivity contribution >= 4 is 23.3 Å². The summed E-state index contributed by atoms with van der Waals surface area (Å²) in [5.41, 5.74) is 3.22. The van der Waals surface area contributed by atoms with Crippen LogP contribution in [0.5, 0.6) is 5.75 Å². The number of hydrogen-bond donors (Lipinski definition) is 1. The lowest BCUT2D eigenvalue weighted by atomic mass is 10.1. The van der Waals surface area contributed by atoms with Crippen molar-refractivity contribution in [3.05, 3.63) is 87.9 Å². The summed E-state index contributed by atoms with van der Waals surface area (Å²) in [7, 11) is 0. The Labute approximate surface area is 193 Å². The Bertz CT molecular complexity index is 1050. The molecule has 2 heterocycles. The molecule has 2 unspecified atom stereocenters. The first kappa shape index (κ1) is 22.2. The second kappa shape index (κ2) is 10.6. The van der Waals surface area contributed by atoms with Gasteiger partial charge in [-0.05, 0) is 49.6 Å². The van der Waals surface area contributed by atoms with E-state index in [4.69, 9.17) is 4.74 Å². The summed E-state index contributed by atoms with van der Waals surface area (Å²) in [5, 5.41) is 6.19. The molecule has 4 rings (SSSR count). The van der Waals surface area contributed by atoms with E-state index in [0.29, 0.717) is 12.6 Å². The number of likely N-dealkylation sites (tertiary alicyclic amines) is 1. The average molecular weight is 448 g/mol. The number of rotatable bonds is 8. The summed E-state index contributed by atoms with van der Waals surface area (Å²) < 4.78 is 5.77. The molecule has 0 bridgehead atoms. The smallest absolute Gasteiger partial charge is 0.244 e. The fourth-order valence-corrected chi connectivity index (χ4v) is 4.52. The van der Waals surface area contributed by atoms with Crippen molar-refractivity contribution in [2.45, 2.75) is 39.0 Å². The van der Waals surface area contributed by atoms with Crippen LogP contribution in [0.1, 0.15) is 41.2 Å². The van der Waals surface area contributed by atoms with Gasteiger partial charge in [-0.3, -0.25) is 9.69 Å². The molecule has 32 heavy (non-hydrogen) atoms. The maximum atomic E-state index is 12.4. The van der Waals surface area contributed by atoms with Crippen molar-refractivity contribution in [2.75, 3.05) is 13.1 Å². The first-order chi connectivity index (χ1) is 15.6. The maximum absolute atomic E-state index is 12.4. The third-order valence-electron chi connectivity index (χ3n) is 5.76. The van der Waals surface area contributed by atoms with Gasteiger partial charge in [0, 0.05) is 36.6 Å². The van der Waals surface area contributed by atoms with Crippen LogP contribution in [0.2, 0.25) is 0 Å². The molecule has 6 heteroatoms. The van der Waals surface area contributed by atoms with Crippen LogP contribution in [0, 0.1) is 6.92 Å². The van der Waals surface area contributed by atoms with Crippen LogP contribution in [0.3, 0.4) is 0 Å². The van der Waals surface area contributed by atoms with Crippen LogP contribution in [-0.2, 0) is 11.4 Å². The minimum Gasteiger partial charge on any atom is -0.487 e. The van der Waals surface area contributed by atoms with Gasteiger partial charge in [0.25, 0.3) is 0 Å². The van der Waals surface area contributed by atoms with E-state index < -0.39 is 0 Å². The van der Waals surface area contributed by atoms with E-state index in [0.717, 1.165) is 41.5 Å². The Morgan fingerprint density at radius 1 is 1.25 bits per heavy atom. The molecule has 5 nitrogen and oxygen atoms in total. The molecule has 2 aromatic carbocycles. The Balaban J connectivity index is 1.23.